The van der Waals surface area contributed by atoms with Gasteiger partial charge in [-0.3, -0.25) is 9.59 Å². The van der Waals surface area contributed by atoms with E-state index in [1.165, 1.54) is 11.1 Å². The Labute approximate surface area is 150 Å². The van der Waals surface area contributed by atoms with E-state index in [0.717, 1.165) is 58.0 Å². The molecule has 0 radical (unpaired) electrons. The van der Waals surface area contributed by atoms with Crippen molar-refractivity contribution in [1.29, 1.82) is 0 Å². The van der Waals surface area contributed by atoms with Crippen molar-refractivity contribution in [2.45, 2.75) is 44.9 Å². The number of benzene rings is 1. The standard InChI is InChI=1S/C21H28N2O2/c24-20(19-6-3-11-23(14-19)21(25)16-7-8-16)22-10-9-15-12-17-4-1-2-5-18(17)13-15/h1-2,4-5,15-16,19H,3,6-14H2,(H,22,24)/t19-/m1/s1. The third-order valence-electron chi connectivity index (χ3n) is 6.02. The summed E-state index contributed by atoms with van der Waals surface area (Å²) in [5.41, 5.74) is 2.95. The number of piperidine rings is 1. The molecule has 1 aromatic carbocycles. The van der Waals surface area contributed by atoms with Crippen LogP contribution in [0.15, 0.2) is 24.3 Å². The Balaban J connectivity index is 1.21. The summed E-state index contributed by atoms with van der Waals surface area (Å²) in [4.78, 5) is 26.6. The summed E-state index contributed by atoms with van der Waals surface area (Å²) in [5.74, 6) is 1.31. The van der Waals surface area contributed by atoms with E-state index in [-0.39, 0.29) is 23.7 Å². The molecule has 0 spiro atoms. The highest BCUT2D eigenvalue weighted by Gasteiger charge is 2.36. The molecule has 0 bridgehead atoms. The highest BCUT2D eigenvalue weighted by atomic mass is 16.2. The summed E-state index contributed by atoms with van der Waals surface area (Å²) in [6.07, 6.45) is 7.26. The van der Waals surface area contributed by atoms with Crippen molar-refractivity contribution in [3.63, 3.8) is 0 Å². The van der Waals surface area contributed by atoms with Gasteiger partial charge in [0.25, 0.3) is 0 Å². The van der Waals surface area contributed by atoms with Gasteiger partial charge in [0.2, 0.25) is 11.8 Å². The minimum atomic E-state index is -0.0165. The number of nitrogens with one attached hydrogen (secondary N) is 1. The van der Waals surface area contributed by atoms with Gasteiger partial charge < -0.3 is 10.2 Å². The number of amides is 2. The number of carbonyl (C=O) groups excluding carboxylic acids is 2. The van der Waals surface area contributed by atoms with E-state index in [0.29, 0.717) is 12.5 Å². The lowest BCUT2D eigenvalue weighted by Crippen LogP contribution is -2.46. The molecule has 1 saturated heterocycles. The summed E-state index contributed by atoms with van der Waals surface area (Å²) in [5, 5.41) is 3.13. The van der Waals surface area contributed by atoms with Gasteiger partial charge in [0, 0.05) is 25.6 Å². The molecule has 1 heterocycles. The minimum absolute atomic E-state index is 0.0165. The van der Waals surface area contributed by atoms with Crippen LogP contribution in [0.25, 0.3) is 0 Å². The fourth-order valence-electron chi connectivity index (χ4n) is 4.38. The Morgan fingerprint density at radius 3 is 2.44 bits per heavy atom. The number of fused-ring (bicyclic) bond motifs is 1. The maximum atomic E-state index is 12.5. The summed E-state index contributed by atoms with van der Waals surface area (Å²) >= 11 is 0. The first kappa shape index (κ1) is 16.6. The van der Waals surface area contributed by atoms with Crippen LogP contribution in [0.3, 0.4) is 0 Å². The summed E-state index contributed by atoms with van der Waals surface area (Å²) in [7, 11) is 0. The lowest BCUT2D eigenvalue weighted by atomic mass is 9.96. The van der Waals surface area contributed by atoms with Crippen LogP contribution in [0.2, 0.25) is 0 Å². The van der Waals surface area contributed by atoms with Crippen molar-refractivity contribution in [2.75, 3.05) is 19.6 Å². The second kappa shape index (κ2) is 7.19. The summed E-state index contributed by atoms with van der Waals surface area (Å²) in [6, 6.07) is 8.67. The molecule has 25 heavy (non-hydrogen) atoms. The molecule has 3 aliphatic rings. The van der Waals surface area contributed by atoms with Crippen molar-refractivity contribution in [3.8, 4) is 0 Å². The van der Waals surface area contributed by atoms with Crippen molar-refractivity contribution >= 4 is 11.8 Å². The monoisotopic (exact) mass is 340 g/mol. The molecule has 4 rings (SSSR count). The zero-order chi connectivity index (χ0) is 17.2. The molecule has 0 aromatic heterocycles. The highest BCUT2D eigenvalue weighted by molar-refractivity contribution is 5.83. The molecular formula is C21H28N2O2. The van der Waals surface area contributed by atoms with Gasteiger partial charge in [-0.15, -0.1) is 0 Å². The van der Waals surface area contributed by atoms with Gasteiger partial charge >= 0.3 is 0 Å². The molecule has 2 aliphatic carbocycles. The molecule has 1 saturated carbocycles. The summed E-state index contributed by atoms with van der Waals surface area (Å²) in [6.45, 7) is 2.21. The highest BCUT2D eigenvalue weighted by Crippen LogP contribution is 2.32. The van der Waals surface area contributed by atoms with Crippen LogP contribution in [0.4, 0.5) is 0 Å². The quantitative estimate of drug-likeness (QED) is 0.895. The van der Waals surface area contributed by atoms with E-state index in [1.54, 1.807) is 0 Å². The number of rotatable bonds is 5. The van der Waals surface area contributed by atoms with Gasteiger partial charge in [0.05, 0.1) is 5.92 Å². The lowest BCUT2D eigenvalue weighted by molar-refractivity contribution is -0.136. The van der Waals surface area contributed by atoms with Crippen LogP contribution in [0.5, 0.6) is 0 Å². The Bertz CT molecular complexity index is 628. The molecular weight excluding hydrogens is 312 g/mol. The molecule has 2 fully saturated rings. The normalized spacial score (nSPS) is 23.4. The van der Waals surface area contributed by atoms with E-state index in [9.17, 15) is 9.59 Å². The number of carbonyl (C=O) groups is 2. The van der Waals surface area contributed by atoms with E-state index in [2.05, 4.69) is 29.6 Å². The molecule has 1 aromatic rings. The maximum absolute atomic E-state index is 12.5. The van der Waals surface area contributed by atoms with Crippen LogP contribution >= 0.6 is 0 Å². The number of likely N-dealkylation sites (tertiary alicyclic amines) is 1. The average molecular weight is 340 g/mol. The van der Waals surface area contributed by atoms with Gasteiger partial charge in [-0.25, -0.2) is 0 Å². The van der Waals surface area contributed by atoms with Crippen LogP contribution in [-0.4, -0.2) is 36.3 Å². The zero-order valence-corrected chi connectivity index (χ0v) is 14.9. The van der Waals surface area contributed by atoms with Crippen molar-refractivity contribution < 1.29 is 9.59 Å². The average Bonchev–Trinajstić information content (AvgIpc) is 3.40. The Hall–Kier alpha value is -1.84. The number of hydrogen-bond acceptors (Lipinski definition) is 2. The Morgan fingerprint density at radius 2 is 1.76 bits per heavy atom. The fourth-order valence-corrected chi connectivity index (χ4v) is 4.38. The van der Waals surface area contributed by atoms with Crippen LogP contribution in [0.1, 0.15) is 43.2 Å². The number of hydrogen-bond donors (Lipinski definition) is 1. The predicted molar refractivity (Wildman–Crippen MR) is 97.0 cm³/mol. The first-order valence-electron chi connectivity index (χ1n) is 9.84. The van der Waals surface area contributed by atoms with Crippen molar-refractivity contribution in [2.24, 2.45) is 17.8 Å². The van der Waals surface area contributed by atoms with E-state index in [1.807, 2.05) is 4.90 Å². The molecule has 1 aliphatic heterocycles. The molecule has 1 atom stereocenters. The van der Waals surface area contributed by atoms with Crippen molar-refractivity contribution in [1.82, 2.24) is 10.2 Å². The molecule has 0 unspecified atom stereocenters. The Morgan fingerprint density at radius 1 is 1.04 bits per heavy atom. The fraction of sp³-hybridized carbons (Fsp3) is 0.619. The first-order chi connectivity index (χ1) is 12.2. The van der Waals surface area contributed by atoms with Gasteiger partial charge in [-0.1, -0.05) is 24.3 Å². The third kappa shape index (κ3) is 3.88. The second-order valence-corrected chi connectivity index (χ2v) is 8.02. The van der Waals surface area contributed by atoms with E-state index >= 15 is 0 Å². The molecule has 134 valence electrons. The summed E-state index contributed by atoms with van der Waals surface area (Å²) < 4.78 is 0. The van der Waals surface area contributed by atoms with Crippen LogP contribution in [0, 0.1) is 17.8 Å². The topological polar surface area (TPSA) is 49.4 Å². The second-order valence-electron chi connectivity index (χ2n) is 8.02. The molecule has 4 nitrogen and oxygen atoms in total. The minimum Gasteiger partial charge on any atom is -0.356 e. The van der Waals surface area contributed by atoms with Gasteiger partial charge in [0.1, 0.15) is 0 Å². The maximum Gasteiger partial charge on any atom is 0.225 e. The van der Waals surface area contributed by atoms with Crippen molar-refractivity contribution in [3.05, 3.63) is 35.4 Å². The smallest absolute Gasteiger partial charge is 0.225 e. The predicted octanol–water partition coefficient (Wildman–Crippen LogP) is 2.56. The number of nitrogens with zero attached hydrogens (tertiary/aromatic N) is 1. The van der Waals surface area contributed by atoms with Gasteiger partial charge in [0.15, 0.2) is 0 Å². The van der Waals surface area contributed by atoms with E-state index in [4.69, 9.17) is 0 Å². The van der Waals surface area contributed by atoms with E-state index < -0.39 is 0 Å². The molecule has 2 amide bonds. The largest absolute Gasteiger partial charge is 0.356 e. The SMILES string of the molecule is O=C(NCCC1Cc2ccccc2C1)[C@@H]1CCCN(C(=O)C2CC2)C1. The molecule has 4 heteroatoms. The Kier molecular flexibility index (Phi) is 4.78. The van der Waals surface area contributed by atoms with Gasteiger partial charge in [-0.05, 0) is 62.0 Å². The zero-order valence-electron chi connectivity index (χ0n) is 14.9. The molecule has 1 N–H and O–H groups in total. The van der Waals surface area contributed by atoms with Crippen LogP contribution in [-0.2, 0) is 22.4 Å². The lowest BCUT2D eigenvalue weighted by Gasteiger charge is -2.32. The third-order valence-corrected chi connectivity index (χ3v) is 6.02. The first-order valence-corrected chi connectivity index (χ1v) is 9.84. The van der Waals surface area contributed by atoms with Crippen LogP contribution < -0.4 is 5.32 Å². The van der Waals surface area contributed by atoms with Gasteiger partial charge in [-0.2, -0.15) is 0 Å².